The van der Waals surface area contributed by atoms with Gasteiger partial charge < -0.3 is 10.1 Å². The molecule has 0 spiro atoms. The first kappa shape index (κ1) is 16.3. The second-order valence-corrected chi connectivity index (χ2v) is 5.75. The lowest BCUT2D eigenvalue weighted by atomic mass is 10.1. The molecule has 0 radical (unpaired) electrons. The smallest absolute Gasteiger partial charge is 0.324 e. The molecule has 22 heavy (non-hydrogen) atoms. The van der Waals surface area contributed by atoms with Crippen LogP contribution in [0.15, 0.2) is 18.2 Å². The number of imide groups is 1. The number of urea groups is 1. The van der Waals surface area contributed by atoms with Gasteiger partial charge in [-0.25, -0.2) is 4.79 Å². The lowest BCUT2D eigenvalue weighted by Crippen LogP contribution is -2.33. The van der Waals surface area contributed by atoms with Gasteiger partial charge in [-0.2, -0.15) is 0 Å². The third-order valence-corrected chi connectivity index (χ3v) is 3.81. The molecule has 3 amide bonds. The number of hydrogen-bond donors (Lipinski definition) is 1. The van der Waals surface area contributed by atoms with Crippen LogP contribution >= 0.6 is 0 Å². The zero-order valence-corrected chi connectivity index (χ0v) is 13.5. The van der Waals surface area contributed by atoms with Gasteiger partial charge in [-0.15, -0.1) is 0 Å². The summed E-state index contributed by atoms with van der Waals surface area (Å²) in [7, 11) is 0. The quantitative estimate of drug-likeness (QED) is 0.622. The minimum Gasteiger partial charge on any atom is -0.493 e. The van der Waals surface area contributed by atoms with E-state index in [0.717, 1.165) is 23.3 Å². The van der Waals surface area contributed by atoms with E-state index in [9.17, 15) is 9.59 Å². The molecule has 0 aromatic heterocycles. The molecule has 1 aliphatic heterocycles. The van der Waals surface area contributed by atoms with Crippen molar-refractivity contribution in [1.29, 1.82) is 0 Å². The largest absolute Gasteiger partial charge is 0.493 e. The molecule has 1 unspecified atom stereocenters. The van der Waals surface area contributed by atoms with Gasteiger partial charge in [0.05, 0.1) is 6.61 Å². The van der Waals surface area contributed by atoms with Crippen molar-refractivity contribution >= 4 is 11.9 Å². The van der Waals surface area contributed by atoms with E-state index >= 15 is 0 Å². The number of nitrogens with zero attached hydrogens (tertiary/aromatic N) is 1. The van der Waals surface area contributed by atoms with Gasteiger partial charge in [-0.3, -0.25) is 9.69 Å². The zero-order valence-electron chi connectivity index (χ0n) is 13.5. The van der Waals surface area contributed by atoms with Gasteiger partial charge >= 0.3 is 6.03 Å². The first-order chi connectivity index (χ1) is 10.5. The van der Waals surface area contributed by atoms with Crippen molar-refractivity contribution in [1.82, 2.24) is 10.2 Å². The number of aryl methyl sites for hydroxylation is 2. The molecule has 1 fully saturated rings. The Bertz CT molecular complexity index is 557. The molecule has 0 saturated carbocycles. The summed E-state index contributed by atoms with van der Waals surface area (Å²) in [4.78, 5) is 25.2. The summed E-state index contributed by atoms with van der Waals surface area (Å²) in [5, 5.41) is 2.73. The Morgan fingerprint density at radius 1 is 1.27 bits per heavy atom. The highest BCUT2D eigenvalue weighted by Crippen LogP contribution is 2.19. The average Bonchev–Trinajstić information content (AvgIpc) is 2.74. The van der Waals surface area contributed by atoms with Gasteiger partial charge in [-0.1, -0.05) is 25.5 Å². The molecule has 1 aromatic carbocycles. The Morgan fingerprint density at radius 2 is 2.05 bits per heavy atom. The van der Waals surface area contributed by atoms with Crippen LogP contribution in [0.1, 0.15) is 37.3 Å². The van der Waals surface area contributed by atoms with E-state index < -0.39 is 0 Å². The summed E-state index contributed by atoms with van der Waals surface area (Å²) in [6, 6.07) is 5.44. The SMILES string of the molecule is CCCC1NC(=O)N(CCCOc2cc(C)ccc2C)C1=O. The molecule has 0 bridgehead atoms. The van der Waals surface area contributed by atoms with Crippen LogP contribution in [0, 0.1) is 13.8 Å². The number of carbonyl (C=O) groups excluding carboxylic acids is 2. The molecular weight excluding hydrogens is 280 g/mol. The molecule has 1 N–H and O–H groups in total. The molecule has 1 aliphatic rings. The molecule has 5 nitrogen and oxygen atoms in total. The molecule has 1 aromatic rings. The third kappa shape index (κ3) is 3.78. The number of rotatable bonds is 7. The summed E-state index contributed by atoms with van der Waals surface area (Å²) in [5.74, 6) is 0.750. The standard InChI is InChI=1S/C17H24N2O3/c1-4-6-14-16(20)19(17(21)18-14)9-5-10-22-15-11-12(2)7-8-13(15)3/h7-8,11,14H,4-6,9-10H2,1-3H3,(H,18,21). The number of ether oxygens (including phenoxy) is 1. The summed E-state index contributed by atoms with van der Waals surface area (Å²) >= 11 is 0. The lowest BCUT2D eigenvalue weighted by molar-refractivity contribution is -0.127. The third-order valence-electron chi connectivity index (χ3n) is 3.81. The molecule has 1 saturated heterocycles. The fourth-order valence-corrected chi connectivity index (χ4v) is 2.54. The fourth-order valence-electron chi connectivity index (χ4n) is 2.54. The van der Waals surface area contributed by atoms with Crippen LogP contribution in [-0.4, -0.2) is 36.0 Å². The van der Waals surface area contributed by atoms with E-state index in [2.05, 4.69) is 5.32 Å². The Labute approximate surface area is 131 Å². The number of hydrogen-bond acceptors (Lipinski definition) is 3. The molecule has 0 aliphatic carbocycles. The summed E-state index contributed by atoms with van der Waals surface area (Å²) < 4.78 is 5.75. The van der Waals surface area contributed by atoms with E-state index in [-0.39, 0.29) is 18.0 Å². The van der Waals surface area contributed by atoms with Crippen LogP contribution in [0.3, 0.4) is 0 Å². The van der Waals surface area contributed by atoms with Crippen molar-refractivity contribution in [2.75, 3.05) is 13.2 Å². The predicted molar refractivity (Wildman–Crippen MR) is 85.0 cm³/mol. The summed E-state index contributed by atoms with van der Waals surface area (Å²) in [6.45, 7) is 6.91. The molecular formula is C17H24N2O3. The van der Waals surface area contributed by atoms with Crippen molar-refractivity contribution in [2.45, 2.75) is 46.1 Å². The minimum absolute atomic E-state index is 0.112. The van der Waals surface area contributed by atoms with Crippen LogP contribution in [0.25, 0.3) is 0 Å². The number of carbonyl (C=O) groups is 2. The predicted octanol–water partition coefficient (Wildman–Crippen LogP) is 2.79. The maximum atomic E-state index is 12.1. The van der Waals surface area contributed by atoms with Crippen molar-refractivity contribution in [3.63, 3.8) is 0 Å². The second-order valence-electron chi connectivity index (χ2n) is 5.75. The molecule has 2 rings (SSSR count). The highest BCUT2D eigenvalue weighted by atomic mass is 16.5. The van der Waals surface area contributed by atoms with Crippen LogP contribution in [0.4, 0.5) is 4.79 Å². The van der Waals surface area contributed by atoms with Crippen LogP contribution in [-0.2, 0) is 4.79 Å². The van der Waals surface area contributed by atoms with Crippen molar-refractivity contribution in [3.8, 4) is 5.75 Å². The van der Waals surface area contributed by atoms with E-state index in [1.807, 2.05) is 39.0 Å². The van der Waals surface area contributed by atoms with Gasteiger partial charge in [0.2, 0.25) is 0 Å². The zero-order chi connectivity index (χ0) is 16.1. The second kappa shape index (κ2) is 7.29. The van der Waals surface area contributed by atoms with Gasteiger partial charge in [0, 0.05) is 6.54 Å². The number of nitrogens with one attached hydrogen (secondary N) is 1. The maximum Gasteiger partial charge on any atom is 0.324 e. The topological polar surface area (TPSA) is 58.6 Å². The minimum atomic E-state index is -0.350. The fraction of sp³-hybridized carbons (Fsp3) is 0.529. The van der Waals surface area contributed by atoms with Crippen molar-refractivity contribution in [3.05, 3.63) is 29.3 Å². The van der Waals surface area contributed by atoms with E-state index in [1.54, 1.807) is 0 Å². The van der Waals surface area contributed by atoms with Crippen molar-refractivity contribution < 1.29 is 14.3 Å². The van der Waals surface area contributed by atoms with Gasteiger partial charge in [0.25, 0.3) is 5.91 Å². The van der Waals surface area contributed by atoms with Crippen molar-refractivity contribution in [2.24, 2.45) is 0 Å². The number of benzene rings is 1. The van der Waals surface area contributed by atoms with Crippen LogP contribution in [0.5, 0.6) is 5.75 Å². The number of amides is 3. The lowest BCUT2D eigenvalue weighted by Gasteiger charge is -2.14. The monoisotopic (exact) mass is 304 g/mol. The Morgan fingerprint density at radius 3 is 2.77 bits per heavy atom. The van der Waals surface area contributed by atoms with E-state index in [0.29, 0.717) is 26.0 Å². The Kier molecular flexibility index (Phi) is 5.41. The summed E-state index contributed by atoms with van der Waals surface area (Å²) in [6.07, 6.45) is 2.20. The highest BCUT2D eigenvalue weighted by molar-refractivity contribution is 6.04. The first-order valence-electron chi connectivity index (χ1n) is 7.85. The van der Waals surface area contributed by atoms with Gasteiger partial charge in [0.15, 0.2) is 0 Å². The van der Waals surface area contributed by atoms with E-state index in [4.69, 9.17) is 4.74 Å². The van der Waals surface area contributed by atoms with Crippen LogP contribution in [0.2, 0.25) is 0 Å². The van der Waals surface area contributed by atoms with Gasteiger partial charge in [-0.05, 0) is 43.9 Å². The normalized spacial score (nSPS) is 17.8. The summed E-state index contributed by atoms with van der Waals surface area (Å²) in [5.41, 5.74) is 2.24. The average molecular weight is 304 g/mol. The Hall–Kier alpha value is -2.04. The maximum absolute atomic E-state index is 12.1. The van der Waals surface area contributed by atoms with E-state index in [1.165, 1.54) is 4.90 Å². The molecule has 5 heteroatoms. The van der Waals surface area contributed by atoms with Crippen LogP contribution < -0.4 is 10.1 Å². The van der Waals surface area contributed by atoms with Gasteiger partial charge in [0.1, 0.15) is 11.8 Å². The molecule has 1 atom stereocenters. The highest BCUT2D eigenvalue weighted by Gasteiger charge is 2.36. The first-order valence-corrected chi connectivity index (χ1v) is 7.85. The Balaban J connectivity index is 1.80. The molecule has 120 valence electrons. The molecule has 1 heterocycles.